The fraction of sp³-hybridized carbons (Fsp3) is 0.179. The molecule has 0 saturated heterocycles. The third-order valence-corrected chi connectivity index (χ3v) is 6.46. The van der Waals surface area contributed by atoms with Gasteiger partial charge in [-0.15, -0.1) is 0 Å². The zero-order valence-electron chi connectivity index (χ0n) is 19.2. The molecule has 3 aromatic heterocycles. The molecule has 4 heterocycles. The Balaban J connectivity index is 1.19. The topological polar surface area (TPSA) is 86.9 Å². The smallest absolute Gasteiger partial charge is 0.255 e. The number of nitrogens with one attached hydrogen (secondary N) is 2. The summed E-state index contributed by atoms with van der Waals surface area (Å²) >= 11 is 0. The predicted molar refractivity (Wildman–Crippen MR) is 135 cm³/mol. The molecule has 0 saturated carbocycles. The van der Waals surface area contributed by atoms with Crippen LogP contribution in [0.1, 0.15) is 22.4 Å². The number of aromatic nitrogens is 4. The lowest BCUT2D eigenvalue weighted by atomic mass is 10.1. The average Bonchev–Trinajstić information content (AvgIpc) is 3.30. The number of nitrogens with zero attached hydrogens (tertiary/aromatic N) is 3. The minimum Gasteiger partial charge on any atom is -0.489 e. The summed E-state index contributed by atoms with van der Waals surface area (Å²) in [5.74, 6) is 1.42. The van der Waals surface area contributed by atoms with Gasteiger partial charge in [-0.3, -0.25) is 14.7 Å². The number of aromatic amines is 2. The maximum absolute atomic E-state index is 12.9. The van der Waals surface area contributed by atoms with E-state index in [2.05, 4.69) is 50.3 Å². The summed E-state index contributed by atoms with van der Waals surface area (Å²) in [4.78, 5) is 30.4. The molecule has 1 aliphatic heterocycles. The lowest BCUT2D eigenvalue weighted by molar-refractivity contribution is 0.242. The Kier molecular flexibility index (Phi) is 5.60. The second-order valence-electron chi connectivity index (χ2n) is 8.84. The maximum Gasteiger partial charge on any atom is 0.255 e. The van der Waals surface area contributed by atoms with Gasteiger partial charge < -0.3 is 14.7 Å². The third-order valence-electron chi connectivity index (χ3n) is 6.46. The summed E-state index contributed by atoms with van der Waals surface area (Å²) in [6, 6.07) is 20.0. The van der Waals surface area contributed by atoms with Crippen LogP contribution in [0.25, 0.3) is 22.3 Å². The first-order valence-corrected chi connectivity index (χ1v) is 11.7. The third kappa shape index (κ3) is 4.46. The van der Waals surface area contributed by atoms with Crippen LogP contribution >= 0.6 is 0 Å². The number of fused-ring (bicyclic) bond motifs is 2. The molecule has 7 nitrogen and oxygen atoms in total. The van der Waals surface area contributed by atoms with Gasteiger partial charge in [0.15, 0.2) is 0 Å². The largest absolute Gasteiger partial charge is 0.489 e. The Bertz CT molecular complexity index is 1530. The lowest BCUT2D eigenvalue weighted by Crippen LogP contribution is -2.35. The number of ether oxygens (including phenoxy) is 1. The minimum absolute atomic E-state index is 0.0749. The van der Waals surface area contributed by atoms with E-state index in [9.17, 15) is 4.79 Å². The predicted octanol–water partition coefficient (Wildman–Crippen LogP) is 4.45. The maximum atomic E-state index is 12.9. The molecule has 6 rings (SSSR count). The van der Waals surface area contributed by atoms with Crippen LogP contribution in [0.2, 0.25) is 0 Å². The standard InChI is InChI=1S/C28H25N5O2/c34-28-24-17-33(12-10-26(24)31-27(32-28)20-7-4-11-29-14-20)16-21-15-30-25-9-8-22(13-23(21)25)35-18-19-5-2-1-3-6-19/h1-9,11,13-15,30H,10,12,16-18H2,(H,31,32,34). The van der Waals surface area contributed by atoms with E-state index in [1.807, 2.05) is 36.4 Å². The Morgan fingerprint density at radius 2 is 1.97 bits per heavy atom. The molecule has 35 heavy (non-hydrogen) atoms. The fourth-order valence-electron chi connectivity index (χ4n) is 4.62. The van der Waals surface area contributed by atoms with E-state index >= 15 is 0 Å². The molecule has 0 spiro atoms. The summed E-state index contributed by atoms with van der Waals surface area (Å²) in [7, 11) is 0. The highest BCUT2D eigenvalue weighted by atomic mass is 16.5. The zero-order valence-corrected chi connectivity index (χ0v) is 19.2. The number of hydrogen-bond acceptors (Lipinski definition) is 5. The van der Waals surface area contributed by atoms with E-state index in [1.54, 1.807) is 12.4 Å². The van der Waals surface area contributed by atoms with Crippen LogP contribution in [0.15, 0.2) is 84.0 Å². The van der Waals surface area contributed by atoms with Crippen molar-refractivity contribution in [2.45, 2.75) is 26.1 Å². The summed E-state index contributed by atoms with van der Waals surface area (Å²) in [5.41, 5.74) is 5.76. The molecule has 0 atom stereocenters. The van der Waals surface area contributed by atoms with Crippen molar-refractivity contribution >= 4 is 10.9 Å². The lowest BCUT2D eigenvalue weighted by Gasteiger charge is -2.27. The quantitative estimate of drug-likeness (QED) is 0.389. The summed E-state index contributed by atoms with van der Waals surface area (Å²) < 4.78 is 6.04. The Hall–Kier alpha value is -4.23. The molecular formula is C28H25N5O2. The van der Waals surface area contributed by atoms with E-state index < -0.39 is 0 Å². The number of rotatable bonds is 6. The molecule has 2 N–H and O–H groups in total. The van der Waals surface area contributed by atoms with Gasteiger partial charge in [0.25, 0.3) is 5.56 Å². The average molecular weight is 464 g/mol. The van der Waals surface area contributed by atoms with E-state index in [-0.39, 0.29) is 5.56 Å². The van der Waals surface area contributed by atoms with Gasteiger partial charge >= 0.3 is 0 Å². The van der Waals surface area contributed by atoms with Crippen LogP contribution in [0.5, 0.6) is 5.75 Å². The Labute approximate surface area is 202 Å². The summed E-state index contributed by atoms with van der Waals surface area (Å²) in [6.07, 6.45) is 6.21. The van der Waals surface area contributed by atoms with Crippen molar-refractivity contribution in [1.29, 1.82) is 0 Å². The summed E-state index contributed by atoms with van der Waals surface area (Å²) in [5, 5.41) is 1.14. The Morgan fingerprint density at radius 1 is 1.06 bits per heavy atom. The van der Waals surface area contributed by atoms with Crippen LogP contribution in [-0.2, 0) is 26.1 Å². The van der Waals surface area contributed by atoms with E-state index in [1.165, 1.54) is 5.56 Å². The van der Waals surface area contributed by atoms with E-state index in [0.717, 1.165) is 58.5 Å². The highest BCUT2D eigenvalue weighted by Gasteiger charge is 2.22. The highest BCUT2D eigenvalue weighted by Crippen LogP contribution is 2.27. The number of benzene rings is 2. The van der Waals surface area contributed by atoms with E-state index in [0.29, 0.717) is 19.0 Å². The van der Waals surface area contributed by atoms with Crippen molar-refractivity contribution in [2.24, 2.45) is 0 Å². The van der Waals surface area contributed by atoms with Crippen LogP contribution in [0.3, 0.4) is 0 Å². The van der Waals surface area contributed by atoms with Gasteiger partial charge in [-0.25, -0.2) is 4.98 Å². The first-order chi connectivity index (χ1) is 17.2. The first kappa shape index (κ1) is 21.3. The van der Waals surface area contributed by atoms with Crippen molar-refractivity contribution in [3.8, 4) is 17.1 Å². The molecule has 0 amide bonds. The molecule has 0 aliphatic carbocycles. The number of H-pyrrole nitrogens is 2. The van der Waals surface area contributed by atoms with Gasteiger partial charge in [0.05, 0.1) is 11.3 Å². The number of pyridine rings is 1. The molecule has 0 unspecified atom stereocenters. The normalized spacial score (nSPS) is 13.6. The van der Waals surface area contributed by atoms with Crippen molar-refractivity contribution in [2.75, 3.05) is 6.54 Å². The first-order valence-electron chi connectivity index (χ1n) is 11.7. The number of hydrogen-bond donors (Lipinski definition) is 2. The molecule has 2 aromatic carbocycles. The molecule has 0 bridgehead atoms. The molecule has 7 heteroatoms. The van der Waals surface area contributed by atoms with Gasteiger partial charge in [0, 0.05) is 61.1 Å². The Morgan fingerprint density at radius 3 is 2.83 bits per heavy atom. The van der Waals surface area contributed by atoms with Crippen molar-refractivity contribution in [1.82, 2.24) is 24.8 Å². The monoisotopic (exact) mass is 463 g/mol. The van der Waals surface area contributed by atoms with Gasteiger partial charge in [-0.05, 0) is 41.5 Å². The molecule has 174 valence electrons. The SMILES string of the molecule is O=c1[nH]c(-c2cccnc2)nc2c1CN(Cc1c[nH]c3ccc(OCc4ccccc4)cc13)CC2. The zero-order chi connectivity index (χ0) is 23.6. The molecular weight excluding hydrogens is 438 g/mol. The van der Waals surface area contributed by atoms with E-state index in [4.69, 9.17) is 9.72 Å². The van der Waals surface area contributed by atoms with Crippen molar-refractivity contribution in [3.05, 3.63) is 112 Å². The molecule has 1 aliphatic rings. The van der Waals surface area contributed by atoms with Gasteiger partial charge in [0.2, 0.25) is 0 Å². The minimum atomic E-state index is -0.0749. The van der Waals surface area contributed by atoms with Gasteiger partial charge in [0.1, 0.15) is 18.2 Å². The fourth-order valence-corrected chi connectivity index (χ4v) is 4.62. The second-order valence-corrected chi connectivity index (χ2v) is 8.84. The summed E-state index contributed by atoms with van der Waals surface area (Å²) in [6.45, 7) is 2.69. The van der Waals surface area contributed by atoms with Gasteiger partial charge in [-0.1, -0.05) is 30.3 Å². The van der Waals surface area contributed by atoms with Gasteiger partial charge in [-0.2, -0.15) is 0 Å². The molecule has 0 fully saturated rings. The van der Waals surface area contributed by atoms with Crippen molar-refractivity contribution in [3.63, 3.8) is 0 Å². The highest BCUT2D eigenvalue weighted by molar-refractivity contribution is 5.84. The molecule has 5 aromatic rings. The van der Waals surface area contributed by atoms with Crippen molar-refractivity contribution < 1.29 is 4.74 Å². The van der Waals surface area contributed by atoms with Crippen LogP contribution < -0.4 is 10.3 Å². The van der Waals surface area contributed by atoms with Crippen LogP contribution in [-0.4, -0.2) is 31.4 Å². The van der Waals surface area contributed by atoms with Crippen LogP contribution in [0, 0.1) is 0 Å². The van der Waals surface area contributed by atoms with Crippen LogP contribution in [0.4, 0.5) is 0 Å². The second kappa shape index (κ2) is 9.19. The molecule has 0 radical (unpaired) electrons.